The lowest BCUT2D eigenvalue weighted by molar-refractivity contribution is 0.0674. The molecule has 1 N–H and O–H groups in total. The van der Waals surface area contributed by atoms with Gasteiger partial charge in [-0.1, -0.05) is 29.3 Å². The SMILES string of the molecule is CNCC1CCCN(C(=O)c2ccc(Oc3cccc(Cl)c3Cl)nc2)C1.Cl.Cl. The fraction of sp³-hybridized carbons (Fsp3) is 0.368. The third-order valence-corrected chi connectivity index (χ3v) is 5.21. The Kier molecular flexibility index (Phi) is 10.4. The minimum atomic E-state index is 0. The number of aromatic nitrogens is 1. The number of ether oxygens (including phenoxy) is 1. The van der Waals surface area contributed by atoms with Crippen molar-refractivity contribution in [2.75, 3.05) is 26.7 Å². The van der Waals surface area contributed by atoms with Gasteiger partial charge >= 0.3 is 0 Å². The predicted octanol–water partition coefficient (Wildman–Crippen LogP) is 5.10. The second-order valence-electron chi connectivity index (χ2n) is 6.36. The average molecular weight is 467 g/mol. The quantitative estimate of drug-likeness (QED) is 0.666. The average Bonchev–Trinajstić information content (AvgIpc) is 2.66. The molecule has 0 saturated carbocycles. The van der Waals surface area contributed by atoms with Crippen molar-refractivity contribution in [3.63, 3.8) is 0 Å². The molecule has 0 bridgehead atoms. The van der Waals surface area contributed by atoms with Gasteiger partial charge in [0.1, 0.15) is 10.8 Å². The maximum Gasteiger partial charge on any atom is 0.255 e. The Morgan fingerprint density at radius 2 is 2.07 bits per heavy atom. The molecule has 1 saturated heterocycles. The van der Waals surface area contributed by atoms with Gasteiger partial charge in [-0.3, -0.25) is 4.79 Å². The van der Waals surface area contributed by atoms with Crippen LogP contribution in [0.3, 0.4) is 0 Å². The topological polar surface area (TPSA) is 54.5 Å². The molecule has 1 aromatic heterocycles. The Labute approximate surface area is 187 Å². The minimum absolute atomic E-state index is 0. The molecule has 0 aliphatic carbocycles. The molecule has 0 radical (unpaired) electrons. The summed E-state index contributed by atoms with van der Waals surface area (Å²) in [6.07, 6.45) is 3.72. The van der Waals surface area contributed by atoms with E-state index in [1.54, 1.807) is 30.3 Å². The first-order valence-electron chi connectivity index (χ1n) is 8.60. The number of benzene rings is 1. The molecule has 3 rings (SSSR count). The van der Waals surface area contributed by atoms with Crippen LogP contribution in [0.5, 0.6) is 11.6 Å². The maximum atomic E-state index is 12.7. The van der Waals surface area contributed by atoms with Crippen molar-refractivity contribution >= 4 is 53.9 Å². The van der Waals surface area contributed by atoms with E-state index in [1.807, 2.05) is 11.9 Å². The number of nitrogens with one attached hydrogen (secondary N) is 1. The normalized spacial score (nSPS) is 16.0. The Morgan fingerprint density at radius 3 is 2.75 bits per heavy atom. The van der Waals surface area contributed by atoms with Crippen LogP contribution in [-0.2, 0) is 0 Å². The van der Waals surface area contributed by atoms with Crippen LogP contribution >= 0.6 is 48.0 Å². The number of carbonyl (C=O) groups excluding carboxylic acids is 1. The standard InChI is InChI=1S/C19H21Cl2N3O2.2ClH/c1-22-10-13-4-3-9-24(12-13)19(25)14-7-8-17(23-11-14)26-16-6-2-5-15(20)18(16)21;;/h2,5-8,11,13,22H,3-4,9-10,12H2,1H3;2*1H. The molecular weight excluding hydrogens is 444 g/mol. The molecule has 1 fully saturated rings. The van der Waals surface area contributed by atoms with E-state index in [1.165, 1.54) is 6.20 Å². The van der Waals surface area contributed by atoms with Gasteiger partial charge in [0, 0.05) is 25.4 Å². The number of amides is 1. The molecule has 9 heteroatoms. The Bertz CT molecular complexity index is 772. The van der Waals surface area contributed by atoms with E-state index in [-0.39, 0.29) is 30.7 Å². The fourth-order valence-corrected chi connectivity index (χ4v) is 3.46. The molecule has 1 amide bonds. The fourth-order valence-electron chi connectivity index (χ4n) is 3.13. The monoisotopic (exact) mass is 465 g/mol. The zero-order valence-electron chi connectivity index (χ0n) is 15.4. The maximum absolute atomic E-state index is 12.7. The van der Waals surface area contributed by atoms with Crippen LogP contribution in [-0.4, -0.2) is 42.5 Å². The first-order chi connectivity index (χ1) is 12.6. The lowest BCUT2D eigenvalue weighted by Gasteiger charge is -2.32. The summed E-state index contributed by atoms with van der Waals surface area (Å²) in [5.74, 6) is 1.29. The third kappa shape index (κ3) is 6.13. The van der Waals surface area contributed by atoms with E-state index in [0.717, 1.165) is 32.5 Å². The summed E-state index contributed by atoms with van der Waals surface area (Å²) >= 11 is 12.1. The van der Waals surface area contributed by atoms with Gasteiger partial charge < -0.3 is 15.0 Å². The lowest BCUT2D eigenvalue weighted by atomic mass is 9.97. The first-order valence-corrected chi connectivity index (χ1v) is 9.36. The molecule has 2 heterocycles. The van der Waals surface area contributed by atoms with E-state index in [4.69, 9.17) is 27.9 Å². The van der Waals surface area contributed by atoms with Crippen LogP contribution in [0.15, 0.2) is 36.5 Å². The van der Waals surface area contributed by atoms with Gasteiger partial charge in [0.15, 0.2) is 0 Å². The first kappa shape index (κ1) is 24.8. The van der Waals surface area contributed by atoms with Crippen LogP contribution in [0.25, 0.3) is 0 Å². The Morgan fingerprint density at radius 1 is 1.29 bits per heavy atom. The zero-order chi connectivity index (χ0) is 18.5. The molecule has 1 aromatic carbocycles. The number of likely N-dealkylation sites (tertiary alicyclic amines) is 1. The highest BCUT2D eigenvalue weighted by molar-refractivity contribution is 6.42. The van der Waals surface area contributed by atoms with Gasteiger partial charge in [0.25, 0.3) is 5.91 Å². The molecule has 1 aliphatic rings. The van der Waals surface area contributed by atoms with Crippen molar-refractivity contribution in [3.05, 3.63) is 52.1 Å². The zero-order valence-corrected chi connectivity index (χ0v) is 18.5. The summed E-state index contributed by atoms with van der Waals surface area (Å²) < 4.78 is 5.66. The van der Waals surface area contributed by atoms with Crippen LogP contribution in [0.4, 0.5) is 0 Å². The molecule has 154 valence electrons. The number of rotatable bonds is 5. The second-order valence-corrected chi connectivity index (χ2v) is 7.14. The van der Waals surface area contributed by atoms with E-state index < -0.39 is 0 Å². The number of pyridine rings is 1. The highest BCUT2D eigenvalue weighted by Gasteiger charge is 2.24. The summed E-state index contributed by atoms with van der Waals surface area (Å²) in [5.41, 5.74) is 0.555. The summed E-state index contributed by atoms with van der Waals surface area (Å²) in [6, 6.07) is 8.54. The molecule has 5 nitrogen and oxygen atoms in total. The number of hydrogen-bond acceptors (Lipinski definition) is 4. The van der Waals surface area contributed by atoms with E-state index in [9.17, 15) is 4.79 Å². The van der Waals surface area contributed by atoms with Crippen LogP contribution in [0.1, 0.15) is 23.2 Å². The molecule has 1 atom stereocenters. The molecule has 2 aromatic rings. The van der Waals surface area contributed by atoms with Gasteiger partial charge in [-0.25, -0.2) is 4.98 Å². The largest absolute Gasteiger partial charge is 0.437 e. The van der Waals surface area contributed by atoms with Crippen molar-refractivity contribution in [2.45, 2.75) is 12.8 Å². The summed E-state index contributed by atoms with van der Waals surface area (Å²) in [4.78, 5) is 18.8. The minimum Gasteiger partial charge on any atom is -0.437 e. The second kappa shape index (κ2) is 11.7. The van der Waals surface area contributed by atoms with E-state index in [0.29, 0.717) is 33.2 Å². The molecule has 0 spiro atoms. The predicted molar refractivity (Wildman–Crippen MR) is 118 cm³/mol. The van der Waals surface area contributed by atoms with Crippen molar-refractivity contribution < 1.29 is 9.53 Å². The van der Waals surface area contributed by atoms with E-state index in [2.05, 4.69) is 10.3 Å². The summed E-state index contributed by atoms with van der Waals surface area (Å²) in [5, 5.41) is 3.94. The number of piperidine rings is 1. The van der Waals surface area contributed by atoms with E-state index >= 15 is 0 Å². The highest BCUT2D eigenvalue weighted by atomic mass is 35.5. The lowest BCUT2D eigenvalue weighted by Crippen LogP contribution is -2.42. The van der Waals surface area contributed by atoms with Crippen molar-refractivity contribution in [2.24, 2.45) is 5.92 Å². The number of carbonyl (C=O) groups is 1. The Balaban J connectivity index is 0.00000196. The van der Waals surface area contributed by atoms with Crippen LogP contribution in [0, 0.1) is 5.92 Å². The molecule has 28 heavy (non-hydrogen) atoms. The van der Waals surface area contributed by atoms with Crippen LogP contribution < -0.4 is 10.1 Å². The van der Waals surface area contributed by atoms with Gasteiger partial charge in [-0.15, -0.1) is 24.8 Å². The smallest absolute Gasteiger partial charge is 0.255 e. The van der Waals surface area contributed by atoms with Gasteiger partial charge in [0.2, 0.25) is 5.88 Å². The Hall–Kier alpha value is -1.24. The van der Waals surface area contributed by atoms with Gasteiger partial charge in [-0.05, 0) is 50.6 Å². The third-order valence-electron chi connectivity index (χ3n) is 4.41. The number of hydrogen-bond donors (Lipinski definition) is 1. The molecule has 1 aliphatic heterocycles. The van der Waals surface area contributed by atoms with Gasteiger partial charge in [-0.2, -0.15) is 0 Å². The summed E-state index contributed by atoms with van der Waals surface area (Å²) in [6.45, 7) is 2.49. The number of halogens is 4. The van der Waals surface area contributed by atoms with Gasteiger partial charge in [0.05, 0.1) is 10.6 Å². The van der Waals surface area contributed by atoms with Crippen molar-refractivity contribution in [3.8, 4) is 11.6 Å². The summed E-state index contributed by atoms with van der Waals surface area (Å²) in [7, 11) is 1.94. The molecular formula is C19H23Cl4N3O2. The van der Waals surface area contributed by atoms with Crippen molar-refractivity contribution in [1.29, 1.82) is 0 Å². The van der Waals surface area contributed by atoms with Crippen LogP contribution in [0.2, 0.25) is 10.0 Å². The highest BCUT2D eigenvalue weighted by Crippen LogP contribution is 2.34. The number of nitrogens with zero attached hydrogens (tertiary/aromatic N) is 2. The van der Waals surface area contributed by atoms with Crippen molar-refractivity contribution in [1.82, 2.24) is 15.2 Å². The molecule has 1 unspecified atom stereocenters.